The first kappa shape index (κ1) is 49.7. The molecule has 352 valence electrons. The number of pyridine rings is 1. The SMILES string of the molecule is COC(=O)[C@H](Cc1nc(-c2ccc3c(c2)c(CC(C)(C)CO[Si](c2ccccc2)(c2ccccc2)C(C)(C)C)c(-c2cccnc2[C@H](C)OC)n3CC(F)(F)F)co1)NC(=O)OC(C)(C)C. The summed E-state index contributed by atoms with van der Waals surface area (Å²) in [4.78, 5) is 34.7. The zero-order valence-corrected chi connectivity index (χ0v) is 40.6. The van der Waals surface area contributed by atoms with Gasteiger partial charge >= 0.3 is 18.2 Å². The Morgan fingerprint density at radius 1 is 0.864 bits per heavy atom. The van der Waals surface area contributed by atoms with Gasteiger partial charge < -0.3 is 32.9 Å². The molecule has 0 saturated heterocycles. The van der Waals surface area contributed by atoms with E-state index in [1.54, 1.807) is 58.3 Å². The molecular formula is C51H61F3N4O7Si. The lowest BCUT2D eigenvalue weighted by Crippen LogP contribution is -2.67. The highest BCUT2D eigenvalue weighted by atomic mass is 28.4. The van der Waals surface area contributed by atoms with E-state index in [0.29, 0.717) is 51.1 Å². The van der Waals surface area contributed by atoms with Crippen LogP contribution in [0.5, 0.6) is 0 Å². The molecule has 3 aromatic carbocycles. The number of alkyl carbamates (subject to hydrolysis) is 1. The second kappa shape index (κ2) is 19.6. The van der Waals surface area contributed by atoms with Crippen molar-refractivity contribution in [1.82, 2.24) is 19.9 Å². The van der Waals surface area contributed by atoms with Gasteiger partial charge in [-0.05, 0) is 84.8 Å². The largest absolute Gasteiger partial charge is 0.467 e. The van der Waals surface area contributed by atoms with Gasteiger partial charge in [0.05, 0.1) is 31.0 Å². The second-order valence-corrected chi connectivity index (χ2v) is 23.7. The number of aromatic nitrogens is 3. The highest BCUT2D eigenvalue weighted by Gasteiger charge is 2.51. The van der Waals surface area contributed by atoms with Gasteiger partial charge in [-0.1, -0.05) is 101 Å². The maximum Gasteiger partial charge on any atom is 0.408 e. The molecule has 1 N–H and O–H groups in total. The molecule has 1 amide bonds. The smallest absolute Gasteiger partial charge is 0.408 e. The quantitative estimate of drug-likeness (QED) is 0.0746. The third-order valence-corrected chi connectivity index (χ3v) is 16.5. The number of hydrogen-bond acceptors (Lipinski definition) is 9. The monoisotopic (exact) mass is 926 g/mol. The van der Waals surface area contributed by atoms with Crippen molar-refractivity contribution in [2.75, 3.05) is 20.8 Å². The molecule has 0 saturated carbocycles. The van der Waals surface area contributed by atoms with Gasteiger partial charge in [-0.25, -0.2) is 14.6 Å². The number of methoxy groups -OCH3 is 2. The molecule has 3 aromatic heterocycles. The Kier molecular flexibility index (Phi) is 14.7. The Bertz CT molecular complexity index is 2580. The van der Waals surface area contributed by atoms with Crippen molar-refractivity contribution in [1.29, 1.82) is 0 Å². The lowest BCUT2D eigenvalue weighted by Gasteiger charge is -2.44. The zero-order chi connectivity index (χ0) is 48.2. The van der Waals surface area contributed by atoms with Gasteiger partial charge in [0.15, 0.2) is 5.89 Å². The number of halogens is 3. The Labute approximate surface area is 386 Å². The van der Waals surface area contributed by atoms with Crippen LogP contribution in [0.3, 0.4) is 0 Å². The molecule has 6 aromatic rings. The van der Waals surface area contributed by atoms with Gasteiger partial charge in [-0.2, -0.15) is 13.2 Å². The number of hydrogen-bond donors (Lipinski definition) is 1. The molecule has 0 radical (unpaired) electrons. The molecule has 11 nitrogen and oxygen atoms in total. The normalized spacial score (nSPS) is 13.7. The molecule has 3 heterocycles. The van der Waals surface area contributed by atoms with Crippen LogP contribution >= 0.6 is 0 Å². The van der Waals surface area contributed by atoms with E-state index in [2.05, 4.69) is 74.2 Å². The van der Waals surface area contributed by atoms with Crippen LogP contribution in [0.15, 0.2) is 108 Å². The summed E-state index contributed by atoms with van der Waals surface area (Å²) >= 11 is 0. The molecule has 6 rings (SSSR count). The first-order valence-corrected chi connectivity index (χ1v) is 23.8. The molecule has 0 unspecified atom stereocenters. The van der Waals surface area contributed by atoms with E-state index in [4.69, 9.17) is 23.1 Å². The Hall–Kier alpha value is -5.77. The van der Waals surface area contributed by atoms with Gasteiger partial charge in [-0.3, -0.25) is 4.98 Å². The van der Waals surface area contributed by atoms with Gasteiger partial charge in [-0.15, -0.1) is 0 Å². The standard InChI is InChI=1S/C51H61F3N4O7Si/c1-33(61-10)44-37(23-18-26-55-44)45-39(29-50(8,9)32-64-66(49(5,6)7,35-19-14-12-15-20-35)36-21-16-13-17-22-36)38-27-34(24-25-42(38)58(45)31-51(52,53)54)41-30-63-43(56-41)28-40(46(59)62-11)57-47(60)65-48(2,3)4/h12-27,30,33,40H,28-29,31-32H2,1-11H3,(H,57,60)/t33-,40-/m0/s1. The fourth-order valence-electron chi connectivity index (χ4n) is 8.56. The van der Waals surface area contributed by atoms with E-state index in [1.807, 2.05) is 49.4 Å². The second-order valence-electron chi connectivity index (χ2n) is 19.4. The number of amides is 1. The number of fused-ring (bicyclic) bond motifs is 1. The Morgan fingerprint density at radius 3 is 2.06 bits per heavy atom. The lowest BCUT2D eigenvalue weighted by atomic mass is 9.84. The minimum absolute atomic E-state index is 0.113. The summed E-state index contributed by atoms with van der Waals surface area (Å²) in [7, 11) is -0.271. The number of benzene rings is 3. The number of alkyl halides is 3. The van der Waals surface area contributed by atoms with Crippen LogP contribution in [0.4, 0.5) is 18.0 Å². The van der Waals surface area contributed by atoms with Crippen LogP contribution < -0.4 is 15.7 Å². The number of nitrogens with one attached hydrogen (secondary N) is 1. The zero-order valence-electron chi connectivity index (χ0n) is 39.6. The van der Waals surface area contributed by atoms with Gasteiger partial charge in [0, 0.05) is 41.9 Å². The third-order valence-electron chi connectivity index (χ3n) is 11.5. The number of carbonyl (C=O) groups excluding carboxylic acids is 2. The van der Waals surface area contributed by atoms with Crippen molar-refractivity contribution < 1.29 is 45.8 Å². The highest BCUT2D eigenvalue weighted by molar-refractivity contribution is 6.99. The highest BCUT2D eigenvalue weighted by Crippen LogP contribution is 2.44. The maximum absolute atomic E-state index is 14.9. The molecule has 2 atom stereocenters. The van der Waals surface area contributed by atoms with Gasteiger partial charge in [0.25, 0.3) is 8.32 Å². The summed E-state index contributed by atoms with van der Waals surface area (Å²) in [5.41, 5.74) is 1.88. The summed E-state index contributed by atoms with van der Waals surface area (Å²) in [6, 6.07) is 28.2. The summed E-state index contributed by atoms with van der Waals surface area (Å²) < 4.78 is 75.2. The molecule has 0 fully saturated rings. The van der Waals surface area contributed by atoms with Crippen molar-refractivity contribution in [2.45, 2.75) is 111 Å². The summed E-state index contributed by atoms with van der Waals surface area (Å²) in [5, 5.41) is 5.03. The summed E-state index contributed by atoms with van der Waals surface area (Å²) in [5.74, 6) is -0.619. The number of nitrogens with zero attached hydrogens (tertiary/aromatic N) is 3. The topological polar surface area (TPSA) is 127 Å². The fourth-order valence-corrected chi connectivity index (χ4v) is 13.3. The fraction of sp³-hybridized carbons (Fsp3) is 0.412. The third kappa shape index (κ3) is 11.2. The predicted octanol–water partition coefficient (Wildman–Crippen LogP) is 10.4. The summed E-state index contributed by atoms with van der Waals surface area (Å²) in [6.45, 7) is 16.7. The molecule has 0 aliphatic rings. The molecule has 66 heavy (non-hydrogen) atoms. The van der Waals surface area contributed by atoms with Crippen LogP contribution in [0.2, 0.25) is 5.04 Å². The van der Waals surface area contributed by atoms with Crippen molar-refractivity contribution in [3.8, 4) is 22.5 Å². The first-order valence-electron chi connectivity index (χ1n) is 21.9. The number of carbonyl (C=O) groups is 2. The average Bonchev–Trinajstić information content (AvgIpc) is 3.83. The van der Waals surface area contributed by atoms with Crippen LogP contribution in [-0.2, 0) is 42.8 Å². The minimum atomic E-state index is -4.58. The van der Waals surface area contributed by atoms with E-state index in [9.17, 15) is 22.8 Å². The van der Waals surface area contributed by atoms with Crippen molar-refractivity contribution in [3.05, 3.63) is 121 Å². The molecule has 0 aliphatic heterocycles. The molecular weight excluding hydrogens is 866 g/mol. The number of esters is 1. The first-order chi connectivity index (χ1) is 31.0. The van der Waals surface area contributed by atoms with E-state index >= 15 is 0 Å². The Morgan fingerprint density at radius 2 is 1.50 bits per heavy atom. The van der Waals surface area contributed by atoms with Crippen molar-refractivity contribution in [2.24, 2.45) is 5.41 Å². The minimum Gasteiger partial charge on any atom is -0.467 e. The van der Waals surface area contributed by atoms with Crippen molar-refractivity contribution in [3.63, 3.8) is 0 Å². The molecule has 0 aliphatic carbocycles. The number of ether oxygens (including phenoxy) is 3. The van der Waals surface area contributed by atoms with Crippen LogP contribution in [0.1, 0.15) is 85.6 Å². The number of rotatable bonds is 16. The maximum atomic E-state index is 14.9. The van der Waals surface area contributed by atoms with Crippen LogP contribution in [0, 0.1) is 5.41 Å². The van der Waals surface area contributed by atoms with E-state index in [0.717, 1.165) is 10.4 Å². The lowest BCUT2D eigenvalue weighted by molar-refractivity contribution is -0.143. The van der Waals surface area contributed by atoms with Gasteiger partial charge in [0.2, 0.25) is 0 Å². The van der Waals surface area contributed by atoms with E-state index in [-0.39, 0.29) is 24.0 Å². The molecule has 0 spiro atoms. The summed E-state index contributed by atoms with van der Waals surface area (Å²) in [6.07, 6.45) is -2.78. The van der Waals surface area contributed by atoms with E-state index in [1.165, 1.54) is 17.9 Å². The number of oxazole rings is 1. The van der Waals surface area contributed by atoms with Crippen molar-refractivity contribution >= 4 is 41.7 Å². The van der Waals surface area contributed by atoms with Gasteiger partial charge in [0.1, 0.15) is 30.1 Å². The predicted molar refractivity (Wildman–Crippen MR) is 252 cm³/mol. The van der Waals surface area contributed by atoms with Crippen LogP contribution in [0.25, 0.3) is 33.4 Å². The molecule has 0 bridgehead atoms. The van der Waals surface area contributed by atoms with Crippen LogP contribution in [-0.4, -0.2) is 73.6 Å². The molecule has 15 heteroatoms. The van der Waals surface area contributed by atoms with E-state index < -0.39 is 56.3 Å². The average molecular weight is 927 g/mol. The Balaban J connectivity index is 1.50.